The summed E-state index contributed by atoms with van der Waals surface area (Å²) in [5, 5.41) is 0.600. The van der Waals surface area contributed by atoms with E-state index in [-0.39, 0.29) is 13.2 Å². The summed E-state index contributed by atoms with van der Waals surface area (Å²) in [6.45, 7) is 1.92. The molecular weight excluding hydrogens is 351 g/mol. The van der Waals surface area contributed by atoms with Crippen molar-refractivity contribution < 1.29 is 23.5 Å². The van der Waals surface area contributed by atoms with Crippen molar-refractivity contribution in [1.82, 2.24) is 0 Å². The minimum absolute atomic E-state index is 0.0715. The molecule has 0 heterocycles. The van der Waals surface area contributed by atoms with Crippen molar-refractivity contribution in [3.63, 3.8) is 0 Å². The molecule has 7 heteroatoms. The summed E-state index contributed by atoms with van der Waals surface area (Å²) in [6.07, 6.45) is -0.561. The highest BCUT2D eigenvalue weighted by atomic mass is 35.5. The van der Waals surface area contributed by atoms with Crippen LogP contribution >= 0.6 is 19.2 Å². The Bertz CT molecular complexity index is 762. The van der Waals surface area contributed by atoms with Crippen LogP contribution in [0.15, 0.2) is 48.5 Å². The van der Waals surface area contributed by atoms with Gasteiger partial charge in [0.1, 0.15) is 18.5 Å². The zero-order valence-corrected chi connectivity index (χ0v) is 14.8. The van der Waals surface area contributed by atoms with E-state index >= 15 is 0 Å². The van der Waals surface area contributed by atoms with Crippen LogP contribution in [0.1, 0.15) is 22.8 Å². The smallest absolute Gasteiger partial charge is 0.335 e. The van der Waals surface area contributed by atoms with E-state index in [1.807, 2.05) is 18.2 Å². The van der Waals surface area contributed by atoms with Gasteiger partial charge >= 0.3 is 7.60 Å². The largest absolute Gasteiger partial charge is 0.489 e. The van der Waals surface area contributed by atoms with Gasteiger partial charge in [-0.25, -0.2) is 0 Å². The Morgan fingerprint density at radius 1 is 1.21 bits per heavy atom. The van der Waals surface area contributed by atoms with E-state index < -0.39 is 19.5 Å². The molecule has 0 spiro atoms. The fourth-order valence-corrected chi connectivity index (χ4v) is 3.29. The fraction of sp³-hybridized carbons (Fsp3) is 0.235. The summed E-state index contributed by atoms with van der Waals surface area (Å²) in [6, 6.07) is 13.8. The molecule has 0 bridgehead atoms. The van der Waals surface area contributed by atoms with Gasteiger partial charge in [0.05, 0.1) is 6.61 Å². The van der Waals surface area contributed by atoms with Crippen LogP contribution in [-0.4, -0.2) is 23.4 Å². The van der Waals surface area contributed by atoms with Crippen LogP contribution in [0.3, 0.4) is 0 Å². The summed E-state index contributed by atoms with van der Waals surface area (Å²) < 4.78 is 22.1. The van der Waals surface area contributed by atoms with Gasteiger partial charge in [-0.05, 0) is 25.1 Å². The van der Waals surface area contributed by atoms with Gasteiger partial charge < -0.3 is 14.2 Å². The van der Waals surface area contributed by atoms with Crippen LogP contribution in [0.4, 0.5) is 0 Å². The molecule has 0 aliphatic rings. The van der Waals surface area contributed by atoms with Gasteiger partial charge in [0, 0.05) is 16.1 Å². The average Bonchev–Trinajstić information content (AvgIpc) is 2.54. The number of Topliss-reactive ketones (excluding diaryl/α,β-unsaturated/α-hetero) is 1. The fourth-order valence-electron chi connectivity index (χ4n) is 2.06. The van der Waals surface area contributed by atoms with E-state index in [0.717, 1.165) is 5.56 Å². The molecule has 2 rings (SSSR count). The first-order valence-electron chi connectivity index (χ1n) is 7.37. The highest BCUT2D eigenvalue weighted by Gasteiger charge is 2.24. The molecule has 5 nitrogen and oxygen atoms in total. The maximum absolute atomic E-state index is 12.1. The average molecular weight is 369 g/mol. The zero-order valence-electron chi connectivity index (χ0n) is 13.1. The summed E-state index contributed by atoms with van der Waals surface area (Å²) in [5.74, 6) is 0.00225. The number of rotatable bonds is 8. The topological polar surface area (TPSA) is 72.8 Å². The normalized spacial score (nSPS) is 13.3. The molecule has 0 aliphatic heterocycles. The minimum Gasteiger partial charge on any atom is -0.489 e. The van der Waals surface area contributed by atoms with Crippen LogP contribution < -0.4 is 4.74 Å². The van der Waals surface area contributed by atoms with Crippen molar-refractivity contribution in [3.8, 4) is 5.75 Å². The predicted octanol–water partition coefficient (Wildman–Crippen LogP) is 4.32. The second-order valence-electron chi connectivity index (χ2n) is 5.04. The lowest BCUT2D eigenvalue weighted by Gasteiger charge is -2.11. The molecule has 0 aliphatic carbocycles. The van der Waals surface area contributed by atoms with Crippen LogP contribution in [0.25, 0.3) is 0 Å². The Labute approximate surface area is 145 Å². The first kappa shape index (κ1) is 18.7. The molecule has 0 aromatic heterocycles. The van der Waals surface area contributed by atoms with Gasteiger partial charge in [-0.2, -0.15) is 0 Å². The van der Waals surface area contributed by atoms with Gasteiger partial charge in [0.25, 0.3) is 0 Å². The summed E-state index contributed by atoms with van der Waals surface area (Å²) in [5.41, 5.74) is 1.12. The maximum Gasteiger partial charge on any atom is 0.335 e. The molecule has 0 fully saturated rings. The number of ketones is 1. The van der Waals surface area contributed by atoms with E-state index in [1.165, 1.54) is 6.07 Å². The number of benzene rings is 2. The zero-order chi connectivity index (χ0) is 17.6. The summed E-state index contributed by atoms with van der Waals surface area (Å²) in [7, 11) is -3.91. The second-order valence-corrected chi connectivity index (χ2v) is 7.30. The third-order valence-corrected chi connectivity index (χ3v) is 4.90. The van der Waals surface area contributed by atoms with E-state index in [1.54, 1.807) is 31.2 Å². The number of carbonyl (C=O) groups is 1. The SMILES string of the molecule is CCOP(=O)(O)CC(=O)c1cccc(OCc2ccccc2Cl)c1. The lowest BCUT2D eigenvalue weighted by molar-refractivity contribution is 0.101. The van der Waals surface area contributed by atoms with Crippen LogP contribution in [0.5, 0.6) is 5.75 Å². The van der Waals surface area contributed by atoms with Crippen molar-refractivity contribution in [1.29, 1.82) is 0 Å². The van der Waals surface area contributed by atoms with Gasteiger partial charge in [0.2, 0.25) is 0 Å². The van der Waals surface area contributed by atoms with Gasteiger partial charge in [-0.3, -0.25) is 9.36 Å². The summed E-state index contributed by atoms with van der Waals surface area (Å²) >= 11 is 6.07. The van der Waals surface area contributed by atoms with Crippen LogP contribution in [0.2, 0.25) is 5.02 Å². The van der Waals surface area contributed by atoms with E-state index in [4.69, 9.17) is 20.9 Å². The van der Waals surface area contributed by atoms with Gasteiger partial charge in [-0.15, -0.1) is 0 Å². The standard InChI is InChI=1S/C17H18ClO5P/c1-2-23-24(20,21)12-17(19)13-7-5-8-15(10-13)22-11-14-6-3-4-9-16(14)18/h3-10H,2,11-12H2,1H3,(H,20,21). The van der Waals surface area contributed by atoms with Gasteiger partial charge in [0.15, 0.2) is 5.78 Å². The monoisotopic (exact) mass is 368 g/mol. The number of ether oxygens (including phenoxy) is 1. The Hall–Kier alpha value is -1.65. The number of hydrogen-bond acceptors (Lipinski definition) is 4. The molecule has 0 saturated heterocycles. The van der Waals surface area contributed by atoms with E-state index in [0.29, 0.717) is 16.3 Å². The molecule has 128 valence electrons. The summed E-state index contributed by atoms with van der Waals surface area (Å²) in [4.78, 5) is 21.7. The lowest BCUT2D eigenvalue weighted by Crippen LogP contribution is -2.08. The van der Waals surface area contributed by atoms with Gasteiger partial charge in [-0.1, -0.05) is 41.9 Å². The maximum atomic E-state index is 12.1. The third kappa shape index (κ3) is 5.46. The molecule has 0 amide bonds. The second kappa shape index (κ2) is 8.45. The predicted molar refractivity (Wildman–Crippen MR) is 92.9 cm³/mol. The van der Waals surface area contributed by atoms with Crippen molar-refractivity contribution in [2.75, 3.05) is 12.8 Å². The molecular formula is C17H18ClO5P. The quantitative estimate of drug-likeness (QED) is 0.554. The van der Waals surface area contributed by atoms with Crippen LogP contribution in [-0.2, 0) is 15.7 Å². The number of hydrogen-bond donors (Lipinski definition) is 1. The van der Waals surface area contributed by atoms with E-state index in [2.05, 4.69) is 0 Å². The molecule has 2 aromatic carbocycles. The van der Waals surface area contributed by atoms with Crippen LogP contribution in [0, 0.1) is 0 Å². The van der Waals surface area contributed by atoms with E-state index in [9.17, 15) is 14.3 Å². The number of carbonyl (C=O) groups excluding carboxylic acids is 1. The van der Waals surface area contributed by atoms with Crippen molar-refractivity contribution in [2.45, 2.75) is 13.5 Å². The molecule has 0 saturated carbocycles. The Kier molecular flexibility index (Phi) is 6.58. The number of halogens is 1. The Balaban J connectivity index is 2.04. The molecule has 0 radical (unpaired) electrons. The van der Waals surface area contributed by atoms with Crippen molar-refractivity contribution in [3.05, 3.63) is 64.7 Å². The van der Waals surface area contributed by atoms with Crippen molar-refractivity contribution >= 4 is 25.0 Å². The molecule has 1 unspecified atom stereocenters. The molecule has 24 heavy (non-hydrogen) atoms. The first-order valence-corrected chi connectivity index (χ1v) is 9.51. The Morgan fingerprint density at radius 2 is 1.96 bits per heavy atom. The first-order chi connectivity index (χ1) is 11.4. The highest BCUT2D eigenvalue weighted by molar-refractivity contribution is 7.53. The minimum atomic E-state index is -3.91. The molecule has 1 atom stereocenters. The third-order valence-electron chi connectivity index (χ3n) is 3.18. The lowest BCUT2D eigenvalue weighted by atomic mass is 10.1. The highest BCUT2D eigenvalue weighted by Crippen LogP contribution is 2.42. The molecule has 2 aromatic rings. The Morgan fingerprint density at radius 3 is 2.67 bits per heavy atom. The molecule has 1 N–H and O–H groups in total. The van der Waals surface area contributed by atoms with Crippen molar-refractivity contribution in [2.24, 2.45) is 0 Å².